The number of nitrogens with zero attached hydrogens (tertiary/aromatic N) is 1. The molecular weight excluding hydrogens is 396 g/mol. The first-order valence-corrected chi connectivity index (χ1v) is 10.2. The van der Waals surface area contributed by atoms with E-state index in [-0.39, 0.29) is 55.7 Å². The minimum Gasteiger partial charge on any atom is -0.394 e. The van der Waals surface area contributed by atoms with E-state index in [4.69, 9.17) is 0 Å². The van der Waals surface area contributed by atoms with Crippen LogP contribution in [0.3, 0.4) is 0 Å². The average Bonchev–Trinajstić information content (AvgIpc) is 2.76. The fourth-order valence-corrected chi connectivity index (χ4v) is 3.01. The van der Waals surface area contributed by atoms with E-state index in [1.165, 1.54) is 6.08 Å². The lowest BCUT2D eigenvalue weighted by Gasteiger charge is -2.15. The Morgan fingerprint density at radius 2 is 2.00 bits per heavy atom. The highest BCUT2D eigenvalue weighted by atomic mass is 16.2. The van der Waals surface area contributed by atoms with E-state index in [2.05, 4.69) is 20.9 Å². The van der Waals surface area contributed by atoms with Gasteiger partial charge in [0.25, 0.3) is 5.91 Å². The van der Waals surface area contributed by atoms with Gasteiger partial charge in [0.15, 0.2) is 5.78 Å². The van der Waals surface area contributed by atoms with Crippen LogP contribution in [0.2, 0.25) is 0 Å². The van der Waals surface area contributed by atoms with Gasteiger partial charge in [-0.05, 0) is 36.9 Å². The van der Waals surface area contributed by atoms with E-state index in [1.807, 2.05) is 25.3 Å². The van der Waals surface area contributed by atoms with Gasteiger partial charge in [0.05, 0.1) is 5.92 Å². The lowest BCUT2D eigenvalue weighted by atomic mass is 9.88. The zero-order valence-electron chi connectivity index (χ0n) is 17.6. The Bertz CT molecular complexity index is 889. The maximum Gasteiger partial charge on any atom is 0.251 e. The predicted octanol–water partition coefficient (Wildman–Crippen LogP) is 1.25. The van der Waals surface area contributed by atoms with Crippen LogP contribution >= 0.6 is 0 Å². The third-order valence-electron chi connectivity index (χ3n) is 4.64. The highest BCUT2D eigenvalue weighted by Gasteiger charge is 2.26. The quantitative estimate of drug-likeness (QED) is 0.280. The molecule has 31 heavy (non-hydrogen) atoms. The molecule has 0 aromatic carbocycles. The van der Waals surface area contributed by atoms with Crippen molar-refractivity contribution in [2.75, 3.05) is 20.1 Å². The standard InChI is InChI=1S/C23H28N4O4/c1-24-12-4-2-3-6-18-16-17(11-13-25-18)23(31)27-15-14-26-22(30)10-9-19-20(28)7-5-8-21(19)29/h2-5,7,11-13,16,19,24H,6,8-10,14-15H2,1H3,(H,26,30)(H,27,31)/b3-2-,12-4-. The maximum atomic E-state index is 12.3. The molecule has 1 atom stereocenters. The van der Waals surface area contributed by atoms with Crippen molar-refractivity contribution >= 4 is 23.4 Å². The van der Waals surface area contributed by atoms with E-state index >= 15 is 0 Å². The topological polar surface area (TPSA) is 117 Å². The Hall–Kier alpha value is -3.55. The number of allylic oxidation sites excluding steroid dienone is 5. The summed E-state index contributed by atoms with van der Waals surface area (Å²) in [5, 5.41) is 8.33. The third-order valence-corrected chi connectivity index (χ3v) is 4.64. The minimum absolute atomic E-state index is 0.0919. The van der Waals surface area contributed by atoms with Crippen LogP contribution in [0.5, 0.6) is 0 Å². The molecule has 3 N–H and O–H groups in total. The van der Waals surface area contributed by atoms with Crippen LogP contribution in [0.4, 0.5) is 0 Å². The van der Waals surface area contributed by atoms with E-state index < -0.39 is 5.92 Å². The molecule has 164 valence electrons. The summed E-state index contributed by atoms with van der Waals surface area (Å²) in [5.74, 6) is -1.60. The summed E-state index contributed by atoms with van der Waals surface area (Å²) >= 11 is 0. The van der Waals surface area contributed by atoms with Crippen molar-refractivity contribution in [3.63, 3.8) is 0 Å². The number of pyridine rings is 1. The van der Waals surface area contributed by atoms with Crippen LogP contribution in [-0.4, -0.2) is 48.5 Å². The largest absolute Gasteiger partial charge is 0.394 e. The Morgan fingerprint density at radius 3 is 2.77 bits per heavy atom. The highest BCUT2D eigenvalue weighted by Crippen LogP contribution is 2.16. The average molecular weight is 425 g/mol. The molecule has 0 saturated heterocycles. The van der Waals surface area contributed by atoms with Crippen LogP contribution in [0, 0.1) is 5.92 Å². The van der Waals surface area contributed by atoms with Crippen molar-refractivity contribution in [3.05, 3.63) is 66.2 Å². The molecule has 1 aliphatic rings. The lowest BCUT2D eigenvalue weighted by Crippen LogP contribution is -2.35. The summed E-state index contributed by atoms with van der Waals surface area (Å²) in [6, 6.07) is 3.36. The summed E-state index contributed by atoms with van der Waals surface area (Å²) < 4.78 is 0. The molecule has 0 radical (unpaired) electrons. The van der Waals surface area contributed by atoms with Gasteiger partial charge in [0, 0.05) is 56.9 Å². The Kier molecular flexibility index (Phi) is 9.87. The van der Waals surface area contributed by atoms with Crippen molar-refractivity contribution < 1.29 is 19.2 Å². The van der Waals surface area contributed by atoms with Crippen molar-refractivity contribution in [1.29, 1.82) is 0 Å². The molecule has 1 heterocycles. The summed E-state index contributed by atoms with van der Waals surface area (Å²) in [6.07, 6.45) is 13.2. The maximum absolute atomic E-state index is 12.3. The zero-order chi connectivity index (χ0) is 22.5. The van der Waals surface area contributed by atoms with Gasteiger partial charge in [0.2, 0.25) is 5.91 Å². The molecule has 1 aromatic rings. The molecule has 2 rings (SSSR count). The number of nitrogens with one attached hydrogen (secondary N) is 3. The summed E-state index contributed by atoms with van der Waals surface area (Å²) in [7, 11) is 1.82. The van der Waals surface area contributed by atoms with E-state index in [9.17, 15) is 19.2 Å². The van der Waals surface area contributed by atoms with Crippen molar-refractivity contribution in [2.24, 2.45) is 5.92 Å². The molecule has 0 saturated carbocycles. The number of amides is 2. The Morgan fingerprint density at radius 1 is 1.19 bits per heavy atom. The lowest BCUT2D eigenvalue weighted by molar-refractivity contribution is -0.131. The molecule has 0 aliphatic heterocycles. The van der Waals surface area contributed by atoms with Gasteiger partial charge in [-0.25, -0.2) is 0 Å². The van der Waals surface area contributed by atoms with E-state index in [1.54, 1.807) is 30.6 Å². The van der Waals surface area contributed by atoms with Crippen LogP contribution in [-0.2, 0) is 20.8 Å². The molecule has 0 spiro atoms. The number of Topliss-reactive ketones (excluding diaryl/α,β-unsaturated/α-hetero) is 1. The fourth-order valence-electron chi connectivity index (χ4n) is 3.01. The second-order valence-corrected chi connectivity index (χ2v) is 6.99. The predicted molar refractivity (Wildman–Crippen MR) is 117 cm³/mol. The number of rotatable bonds is 11. The van der Waals surface area contributed by atoms with Gasteiger partial charge in [0.1, 0.15) is 5.78 Å². The van der Waals surface area contributed by atoms with Gasteiger partial charge < -0.3 is 16.0 Å². The summed E-state index contributed by atoms with van der Waals surface area (Å²) in [4.78, 5) is 51.9. The molecule has 1 unspecified atom stereocenters. The molecule has 8 nitrogen and oxygen atoms in total. The molecule has 1 aliphatic carbocycles. The normalized spacial score (nSPS) is 16.1. The van der Waals surface area contributed by atoms with Gasteiger partial charge >= 0.3 is 0 Å². The first-order chi connectivity index (χ1) is 15.0. The van der Waals surface area contributed by atoms with Gasteiger partial charge in [-0.2, -0.15) is 0 Å². The molecular formula is C23H28N4O4. The number of hydrogen-bond donors (Lipinski definition) is 3. The number of carbonyl (C=O) groups is 4. The SMILES string of the molecule is CN/C=C\C=C/Cc1cc(C(=O)NCCNC(=O)CCC2C(=O)C=CCC2=O)ccn1. The van der Waals surface area contributed by atoms with E-state index in [0.29, 0.717) is 12.0 Å². The molecule has 0 bridgehead atoms. The fraction of sp³-hybridized carbons (Fsp3) is 0.348. The number of aromatic nitrogens is 1. The number of ketones is 2. The minimum atomic E-state index is -0.717. The zero-order valence-corrected chi connectivity index (χ0v) is 17.6. The van der Waals surface area contributed by atoms with Gasteiger partial charge in [-0.3, -0.25) is 24.2 Å². The highest BCUT2D eigenvalue weighted by molar-refractivity contribution is 6.10. The number of carbonyl (C=O) groups excluding carboxylic acids is 4. The summed E-state index contributed by atoms with van der Waals surface area (Å²) in [6.45, 7) is 0.524. The molecule has 0 fully saturated rings. The third kappa shape index (κ3) is 8.38. The molecule has 2 amide bonds. The second-order valence-electron chi connectivity index (χ2n) is 6.99. The van der Waals surface area contributed by atoms with Crippen molar-refractivity contribution in [2.45, 2.75) is 25.7 Å². The van der Waals surface area contributed by atoms with Crippen LogP contribution < -0.4 is 16.0 Å². The van der Waals surface area contributed by atoms with Crippen LogP contribution in [0.25, 0.3) is 0 Å². The first-order valence-electron chi connectivity index (χ1n) is 10.2. The molecule has 1 aromatic heterocycles. The van der Waals surface area contributed by atoms with Crippen LogP contribution in [0.1, 0.15) is 35.3 Å². The monoisotopic (exact) mass is 424 g/mol. The Labute approximate surface area is 181 Å². The van der Waals surface area contributed by atoms with Crippen LogP contribution in [0.15, 0.2) is 54.9 Å². The van der Waals surface area contributed by atoms with Gasteiger partial charge in [-0.1, -0.05) is 18.2 Å². The summed E-state index contributed by atoms with van der Waals surface area (Å²) in [5.41, 5.74) is 1.27. The van der Waals surface area contributed by atoms with E-state index in [0.717, 1.165) is 5.69 Å². The second kappa shape index (κ2) is 12.9. The Balaban J connectivity index is 1.69. The van der Waals surface area contributed by atoms with Crippen molar-refractivity contribution in [3.8, 4) is 0 Å². The van der Waals surface area contributed by atoms with Gasteiger partial charge in [-0.15, -0.1) is 0 Å². The number of hydrogen-bond acceptors (Lipinski definition) is 6. The first kappa shape index (κ1) is 23.7. The molecule has 8 heteroatoms. The smallest absolute Gasteiger partial charge is 0.251 e. The van der Waals surface area contributed by atoms with Crippen molar-refractivity contribution in [1.82, 2.24) is 20.9 Å².